The van der Waals surface area contributed by atoms with E-state index in [0.717, 1.165) is 29.9 Å². The first-order valence-electron chi connectivity index (χ1n) is 7.42. The molecule has 0 aliphatic heterocycles. The molecule has 0 saturated heterocycles. The number of anilines is 2. The van der Waals surface area contributed by atoms with Crippen molar-refractivity contribution in [3.05, 3.63) is 47.8 Å². The topological polar surface area (TPSA) is 86.0 Å². The average molecular weight is 309 g/mol. The predicted molar refractivity (Wildman–Crippen MR) is 91.7 cm³/mol. The monoisotopic (exact) mass is 309 g/mol. The molecule has 0 atom stereocenters. The van der Waals surface area contributed by atoms with Gasteiger partial charge < -0.3 is 15.8 Å². The van der Waals surface area contributed by atoms with Gasteiger partial charge in [0.15, 0.2) is 5.65 Å². The summed E-state index contributed by atoms with van der Waals surface area (Å²) in [7, 11) is 1.69. The van der Waals surface area contributed by atoms with Crippen LogP contribution in [0.1, 0.15) is 11.1 Å². The first kappa shape index (κ1) is 15.0. The van der Waals surface area contributed by atoms with Crippen LogP contribution in [-0.2, 0) is 6.42 Å². The van der Waals surface area contributed by atoms with Gasteiger partial charge in [0.25, 0.3) is 0 Å². The molecule has 3 N–H and O–H groups in total. The first-order chi connectivity index (χ1) is 11.2. The smallest absolute Gasteiger partial charge is 0.166 e. The number of rotatable bonds is 5. The fourth-order valence-electron chi connectivity index (χ4n) is 2.52. The Bertz CT molecular complexity index is 834. The lowest BCUT2D eigenvalue weighted by atomic mass is 10.1. The van der Waals surface area contributed by atoms with E-state index in [0.29, 0.717) is 11.5 Å². The number of aromatic nitrogens is 3. The maximum atomic E-state index is 5.69. The minimum Gasteiger partial charge on any atom is -0.496 e. The van der Waals surface area contributed by atoms with Crippen LogP contribution in [0.4, 0.5) is 11.6 Å². The van der Waals surface area contributed by atoms with Gasteiger partial charge in [-0.25, -0.2) is 15.0 Å². The Labute approximate surface area is 134 Å². The van der Waals surface area contributed by atoms with E-state index in [9.17, 15) is 0 Å². The molecule has 0 radical (unpaired) electrons. The fourth-order valence-corrected chi connectivity index (χ4v) is 2.52. The van der Waals surface area contributed by atoms with Crippen LogP contribution in [0.3, 0.4) is 0 Å². The molecule has 0 aliphatic carbocycles. The highest BCUT2D eigenvalue weighted by Crippen LogP contribution is 2.21. The molecule has 1 aromatic carbocycles. The van der Waals surface area contributed by atoms with Crippen LogP contribution in [0.25, 0.3) is 11.0 Å². The second-order valence-electron chi connectivity index (χ2n) is 5.32. The zero-order chi connectivity index (χ0) is 16.2. The normalized spacial score (nSPS) is 10.7. The maximum Gasteiger partial charge on any atom is 0.166 e. The van der Waals surface area contributed by atoms with Crippen molar-refractivity contribution in [1.29, 1.82) is 0 Å². The number of benzene rings is 1. The van der Waals surface area contributed by atoms with Gasteiger partial charge in [-0.3, -0.25) is 0 Å². The molecule has 3 rings (SSSR count). The number of nitrogens with two attached hydrogens (primary N) is 1. The number of nitrogen functional groups attached to an aromatic ring is 1. The third kappa shape index (κ3) is 3.31. The molecule has 0 bridgehead atoms. The fraction of sp³-hybridized carbons (Fsp3) is 0.235. The van der Waals surface area contributed by atoms with Gasteiger partial charge in [0.05, 0.1) is 12.5 Å². The summed E-state index contributed by atoms with van der Waals surface area (Å²) in [5, 5.41) is 4.20. The Morgan fingerprint density at radius 2 is 2.04 bits per heavy atom. The zero-order valence-corrected chi connectivity index (χ0v) is 13.2. The van der Waals surface area contributed by atoms with Gasteiger partial charge in [-0.2, -0.15) is 0 Å². The molecule has 6 nitrogen and oxygen atoms in total. The Morgan fingerprint density at radius 1 is 1.17 bits per heavy atom. The van der Waals surface area contributed by atoms with Gasteiger partial charge in [-0.05, 0) is 37.1 Å². The van der Waals surface area contributed by atoms with Crippen LogP contribution >= 0.6 is 0 Å². The van der Waals surface area contributed by atoms with Crippen molar-refractivity contribution in [3.63, 3.8) is 0 Å². The number of fused-ring (bicyclic) bond motifs is 1. The largest absolute Gasteiger partial charge is 0.496 e. The SMILES string of the molecule is COc1ccc(C)cc1CCNc1ncnc2nc(N)ccc12. The summed E-state index contributed by atoms with van der Waals surface area (Å²) in [5.41, 5.74) is 8.67. The standard InChI is InChI=1S/C17H19N5O/c1-11-3-5-14(23-2)12(9-11)7-8-19-16-13-4-6-15(18)22-17(13)21-10-20-16/h3-6,9-10H,7-8H2,1-2H3,(H3,18,19,20,21,22). The number of hydrogen-bond acceptors (Lipinski definition) is 6. The average Bonchev–Trinajstić information content (AvgIpc) is 2.55. The molecule has 6 heteroatoms. The lowest BCUT2D eigenvalue weighted by molar-refractivity contribution is 0.410. The second kappa shape index (κ2) is 6.48. The summed E-state index contributed by atoms with van der Waals surface area (Å²) in [6.07, 6.45) is 2.32. The van der Waals surface area contributed by atoms with Gasteiger partial charge in [0.1, 0.15) is 23.7 Å². The van der Waals surface area contributed by atoms with Crippen molar-refractivity contribution in [2.45, 2.75) is 13.3 Å². The molecular formula is C17H19N5O. The van der Waals surface area contributed by atoms with Gasteiger partial charge >= 0.3 is 0 Å². The Hall–Kier alpha value is -2.89. The lowest BCUT2D eigenvalue weighted by Crippen LogP contribution is -2.08. The molecule has 2 aromatic heterocycles. The summed E-state index contributed by atoms with van der Waals surface area (Å²) < 4.78 is 5.41. The number of aryl methyl sites for hydroxylation is 1. The molecular weight excluding hydrogens is 290 g/mol. The van der Waals surface area contributed by atoms with Gasteiger partial charge in [-0.15, -0.1) is 0 Å². The van der Waals surface area contributed by atoms with E-state index in [4.69, 9.17) is 10.5 Å². The van der Waals surface area contributed by atoms with Gasteiger partial charge in [-0.1, -0.05) is 17.7 Å². The predicted octanol–water partition coefficient (Wildman–Crippen LogP) is 2.58. The number of hydrogen-bond donors (Lipinski definition) is 2. The van der Waals surface area contributed by atoms with E-state index in [-0.39, 0.29) is 0 Å². The molecule has 0 unspecified atom stereocenters. The third-order valence-corrected chi connectivity index (χ3v) is 3.64. The molecule has 23 heavy (non-hydrogen) atoms. The molecule has 0 spiro atoms. The third-order valence-electron chi connectivity index (χ3n) is 3.64. The Morgan fingerprint density at radius 3 is 2.87 bits per heavy atom. The number of nitrogens with one attached hydrogen (secondary N) is 1. The molecule has 2 heterocycles. The molecule has 0 saturated carbocycles. The summed E-state index contributed by atoms with van der Waals surface area (Å²) >= 11 is 0. The Balaban J connectivity index is 1.76. The highest BCUT2D eigenvalue weighted by Gasteiger charge is 2.06. The summed E-state index contributed by atoms with van der Waals surface area (Å²) in [5.74, 6) is 2.11. The summed E-state index contributed by atoms with van der Waals surface area (Å²) in [6, 6.07) is 9.82. The molecule has 0 aliphatic rings. The number of ether oxygens (including phenoxy) is 1. The second-order valence-corrected chi connectivity index (χ2v) is 5.32. The van der Waals surface area contributed by atoms with E-state index in [1.165, 1.54) is 17.5 Å². The molecule has 3 aromatic rings. The van der Waals surface area contributed by atoms with Crippen LogP contribution in [0.5, 0.6) is 5.75 Å². The molecule has 0 amide bonds. The van der Waals surface area contributed by atoms with E-state index in [1.807, 2.05) is 18.2 Å². The van der Waals surface area contributed by atoms with Crippen LogP contribution < -0.4 is 15.8 Å². The van der Waals surface area contributed by atoms with Crippen molar-refractivity contribution >= 4 is 22.7 Å². The highest BCUT2D eigenvalue weighted by atomic mass is 16.5. The lowest BCUT2D eigenvalue weighted by Gasteiger charge is -2.11. The van der Waals surface area contributed by atoms with E-state index < -0.39 is 0 Å². The minimum absolute atomic E-state index is 0.451. The van der Waals surface area contributed by atoms with E-state index in [1.54, 1.807) is 13.2 Å². The number of methoxy groups -OCH3 is 1. The van der Waals surface area contributed by atoms with Crippen LogP contribution in [0.2, 0.25) is 0 Å². The highest BCUT2D eigenvalue weighted by molar-refractivity contribution is 5.87. The minimum atomic E-state index is 0.451. The van der Waals surface area contributed by atoms with Crippen molar-refractivity contribution in [3.8, 4) is 5.75 Å². The zero-order valence-electron chi connectivity index (χ0n) is 13.2. The Kier molecular flexibility index (Phi) is 4.23. The van der Waals surface area contributed by atoms with E-state index in [2.05, 4.69) is 33.3 Å². The van der Waals surface area contributed by atoms with Crippen molar-refractivity contribution in [2.24, 2.45) is 0 Å². The van der Waals surface area contributed by atoms with Crippen LogP contribution in [0.15, 0.2) is 36.7 Å². The molecule has 118 valence electrons. The van der Waals surface area contributed by atoms with E-state index >= 15 is 0 Å². The summed E-state index contributed by atoms with van der Waals surface area (Å²) in [4.78, 5) is 12.6. The summed E-state index contributed by atoms with van der Waals surface area (Å²) in [6.45, 7) is 2.81. The molecule has 0 fully saturated rings. The van der Waals surface area contributed by atoms with Gasteiger partial charge in [0, 0.05) is 6.54 Å². The number of pyridine rings is 1. The maximum absolute atomic E-state index is 5.69. The number of nitrogens with zero attached hydrogens (tertiary/aromatic N) is 3. The first-order valence-corrected chi connectivity index (χ1v) is 7.42. The van der Waals surface area contributed by atoms with Crippen LogP contribution in [0, 0.1) is 6.92 Å². The van der Waals surface area contributed by atoms with Crippen LogP contribution in [-0.4, -0.2) is 28.6 Å². The van der Waals surface area contributed by atoms with Crippen molar-refractivity contribution in [2.75, 3.05) is 24.7 Å². The quantitative estimate of drug-likeness (QED) is 0.753. The van der Waals surface area contributed by atoms with Crippen molar-refractivity contribution in [1.82, 2.24) is 15.0 Å². The van der Waals surface area contributed by atoms with Crippen molar-refractivity contribution < 1.29 is 4.74 Å². The van der Waals surface area contributed by atoms with Gasteiger partial charge in [0.2, 0.25) is 0 Å².